The summed E-state index contributed by atoms with van der Waals surface area (Å²) in [7, 11) is 0. The minimum absolute atomic E-state index is 0.0505. The van der Waals surface area contributed by atoms with Gasteiger partial charge in [-0.25, -0.2) is 9.78 Å². The third-order valence-electron chi connectivity index (χ3n) is 6.97. The van der Waals surface area contributed by atoms with Gasteiger partial charge in [0.1, 0.15) is 17.1 Å². The second kappa shape index (κ2) is 9.13. The number of rotatable bonds is 3. The molecular weight excluding hydrogens is 523 g/mol. The third kappa shape index (κ3) is 4.35. The van der Waals surface area contributed by atoms with Crippen LogP contribution < -0.4 is 4.90 Å². The number of benzene rings is 2. The molecule has 0 saturated carbocycles. The number of hydrogen-bond donors (Lipinski definition) is 0. The number of aryl methyl sites for hydroxylation is 1. The van der Waals surface area contributed by atoms with Gasteiger partial charge < -0.3 is 14.5 Å². The molecule has 0 aliphatic carbocycles. The number of hydrogen-bond acceptors (Lipinski definition) is 6. The number of amides is 1. The Bertz CT molecular complexity index is 1550. The van der Waals surface area contributed by atoms with E-state index in [9.17, 15) is 4.79 Å². The summed E-state index contributed by atoms with van der Waals surface area (Å²) < 4.78 is 7.46. The summed E-state index contributed by atoms with van der Waals surface area (Å²) in [6.45, 7) is 8.77. The van der Waals surface area contributed by atoms with Crippen molar-refractivity contribution in [3.05, 3.63) is 64.4 Å². The third-order valence-corrected chi connectivity index (χ3v) is 7.55. The van der Waals surface area contributed by atoms with E-state index in [2.05, 4.69) is 4.90 Å². The molecule has 0 spiro atoms. The highest BCUT2D eigenvalue weighted by atomic mass is 35.5. The zero-order chi connectivity index (χ0) is 26.8. The Kier molecular flexibility index (Phi) is 6.00. The van der Waals surface area contributed by atoms with E-state index in [0.717, 1.165) is 28.8 Å². The Hall–Kier alpha value is -3.36. The SMILES string of the molecule is Cc1nc(N2CC3CC2CN3C(=O)OC(C)(C)C)n2nc(-c3ccccc3Cl)c(-c3ccc(Cl)cc3)c2n1. The number of carbonyl (C=O) groups excluding carboxylic acids is 1. The maximum Gasteiger partial charge on any atom is 0.410 e. The smallest absolute Gasteiger partial charge is 0.410 e. The van der Waals surface area contributed by atoms with E-state index in [-0.39, 0.29) is 18.2 Å². The van der Waals surface area contributed by atoms with Crippen LogP contribution in [0.15, 0.2) is 48.5 Å². The first-order valence-corrected chi connectivity index (χ1v) is 13.4. The van der Waals surface area contributed by atoms with E-state index < -0.39 is 5.60 Å². The Morgan fingerprint density at radius 3 is 2.39 bits per heavy atom. The number of nitrogens with zero attached hydrogens (tertiary/aromatic N) is 6. The molecule has 4 aromatic rings. The number of halogens is 2. The number of piperazine rings is 1. The first-order valence-electron chi connectivity index (χ1n) is 12.6. The number of fused-ring (bicyclic) bond motifs is 3. The highest BCUT2D eigenvalue weighted by Gasteiger charge is 2.48. The molecule has 2 aliphatic heterocycles. The van der Waals surface area contributed by atoms with E-state index >= 15 is 0 Å². The molecule has 0 N–H and O–H groups in total. The van der Waals surface area contributed by atoms with Gasteiger partial charge in [0.2, 0.25) is 5.95 Å². The lowest BCUT2D eigenvalue weighted by molar-refractivity contribution is 0.0214. The van der Waals surface area contributed by atoms with Gasteiger partial charge in [-0.3, -0.25) is 0 Å². The van der Waals surface area contributed by atoms with Crippen molar-refractivity contribution in [2.45, 2.75) is 51.8 Å². The van der Waals surface area contributed by atoms with Crippen LogP contribution in [0.3, 0.4) is 0 Å². The van der Waals surface area contributed by atoms with Gasteiger partial charge in [-0.05, 0) is 57.9 Å². The van der Waals surface area contributed by atoms with Gasteiger partial charge in [0.25, 0.3) is 0 Å². The van der Waals surface area contributed by atoms with Crippen LogP contribution in [-0.4, -0.2) is 61.3 Å². The van der Waals surface area contributed by atoms with Crippen molar-refractivity contribution in [2.24, 2.45) is 0 Å². The summed E-state index contributed by atoms with van der Waals surface area (Å²) >= 11 is 12.9. The van der Waals surface area contributed by atoms with E-state index in [4.69, 9.17) is 43.0 Å². The van der Waals surface area contributed by atoms with E-state index in [1.807, 2.05) is 85.6 Å². The van der Waals surface area contributed by atoms with Crippen LogP contribution in [0.4, 0.5) is 10.7 Å². The Morgan fingerprint density at radius 2 is 1.74 bits per heavy atom. The Balaban J connectivity index is 1.45. The molecule has 4 heterocycles. The first-order chi connectivity index (χ1) is 18.1. The minimum atomic E-state index is -0.531. The van der Waals surface area contributed by atoms with Gasteiger partial charge in [-0.1, -0.05) is 53.5 Å². The summed E-state index contributed by atoms with van der Waals surface area (Å²) in [6.07, 6.45) is 0.589. The number of ether oxygens (including phenoxy) is 1. The molecule has 2 aliphatic rings. The van der Waals surface area contributed by atoms with Crippen molar-refractivity contribution in [3.8, 4) is 22.4 Å². The maximum absolute atomic E-state index is 12.8. The van der Waals surface area contributed by atoms with E-state index in [0.29, 0.717) is 40.6 Å². The topological polar surface area (TPSA) is 75.9 Å². The molecule has 2 atom stereocenters. The van der Waals surface area contributed by atoms with Crippen molar-refractivity contribution in [3.63, 3.8) is 0 Å². The number of aromatic nitrogens is 4. The molecule has 0 radical (unpaired) electrons. The van der Waals surface area contributed by atoms with Crippen LogP contribution in [0.1, 0.15) is 33.0 Å². The lowest BCUT2D eigenvalue weighted by Crippen LogP contribution is -2.50. The molecule has 2 unspecified atom stereocenters. The monoisotopic (exact) mass is 550 g/mol. The number of carbonyl (C=O) groups is 1. The molecule has 38 heavy (non-hydrogen) atoms. The van der Waals surface area contributed by atoms with Crippen molar-refractivity contribution in [1.82, 2.24) is 24.5 Å². The van der Waals surface area contributed by atoms with E-state index in [1.165, 1.54) is 0 Å². The predicted octanol–water partition coefficient (Wildman–Crippen LogP) is 6.27. The van der Waals surface area contributed by atoms with Crippen LogP contribution in [0.25, 0.3) is 28.0 Å². The molecule has 2 saturated heterocycles. The minimum Gasteiger partial charge on any atom is -0.444 e. The molecule has 2 bridgehead atoms. The van der Waals surface area contributed by atoms with Crippen LogP contribution in [0.5, 0.6) is 0 Å². The van der Waals surface area contributed by atoms with Gasteiger partial charge in [0.15, 0.2) is 5.65 Å². The molecule has 2 aromatic heterocycles. The van der Waals surface area contributed by atoms with Gasteiger partial charge in [-0.15, -0.1) is 0 Å². The molecule has 8 nitrogen and oxygen atoms in total. The van der Waals surface area contributed by atoms with Crippen LogP contribution in [0, 0.1) is 6.92 Å². The lowest BCUT2D eigenvalue weighted by atomic mass is 10.0. The fourth-order valence-corrected chi connectivity index (χ4v) is 5.74. The fraction of sp³-hybridized carbons (Fsp3) is 0.357. The zero-order valence-electron chi connectivity index (χ0n) is 21.7. The molecule has 6 rings (SSSR count). The van der Waals surface area contributed by atoms with Gasteiger partial charge in [-0.2, -0.15) is 14.6 Å². The lowest BCUT2D eigenvalue weighted by Gasteiger charge is -2.35. The van der Waals surface area contributed by atoms with Crippen molar-refractivity contribution in [1.29, 1.82) is 0 Å². The standard InChI is InChI=1S/C28H28Cl2N6O2/c1-16-31-25-23(17-9-11-18(29)12-10-17)24(21-7-5-6-8-22(21)30)33-36(25)26(32-16)34-14-20-13-19(34)15-35(20)27(37)38-28(2,3)4/h5-12,19-20H,13-15H2,1-4H3. The summed E-state index contributed by atoms with van der Waals surface area (Å²) in [5.74, 6) is 1.34. The van der Waals surface area contributed by atoms with Crippen molar-refractivity contribution < 1.29 is 9.53 Å². The fourth-order valence-electron chi connectivity index (χ4n) is 5.39. The second-order valence-corrected chi connectivity index (χ2v) is 11.7. The maximum atomic E-state index is 12.8. The van der Waals surface area contributed by atoms with Crippen molar-refractivity contribution >= 4 is 40.9 Å². The quantitative estimate of drug-likeness (QED) is 0.299. The Morgan fingerprint density at radius 1 is 1.00 bits per heavy atom. The molecule has 2 fully saturated rings. The van der Waals surface area contributed by atoms with Crippen molar-refractivity contribution in [2.75, 3.05) is 18.0 Å². The van der Waals surface area contributed by atoms with Crippen LogP contribution in [-0.2, 0) is 4.74 Å². The van der Waals surface area contributed by atoms with Gasteiger partial charge in [0, 0.05) is 23.7 Å². The number of likely N-dealkylation sites (tertiary alicyclic amines) is 1. The highest BCUT2D eigenvalue weighted by molar-refractivity contribution is 6.33. The highest BCUT2D eigenvalue weighted by Crippen LogP contribution is 2.40. The normalized spacial score (nSPS) is 19.0. The summed E-state index contributed by atoms with van der Waals surface area (Å²) in [4.78, 5) is 26.5. The average Bonchev–Trinajstić information content (AvgIpc) is 3.56. The van der Waals surface area contributed by atoms with Crippen LogP contribution >= 0.6 is 23.2 Å². The molecular formula is C28H28Cl2N6O2. The van der Waals surface area contributed by atoms with E-state index in [1.54, 1.807) is 0 Å². The summed E-state index contributed by atoms with van der Waals surface area (Å²) in [6, 6.07) is 15.5. The second-order valence-electron chi connectivity index (χ2n) is 10.8. The number of anilines is 1. The summed E-state index contributed by atoms with van der Waals surface area (Å²) in [5, 5.41) is 6.30. The van der Waals surface area contributed by atoms with Gasteiger partial charge in [0.05, 0.1) is 22.7 Å². The zero-order valence-corrected chi connectivity index (χ0v) is 23.2. The Labute approximate surface area is 231 Å². The molecule has 2 aromatic carbocycles. The van der Waals surface area contributed by atoms with Gasteiger partial charge >= 0.3 is 6.09 Å². The van der Waals surface area contributed by atoms with Crippen LogP contribution in [0.2, 0.25) is 10.0 Å². The first kappa shape index (κ1) is 24.9. The summed E-state index contributed by atoms with van der Waals surface area (Å²) in [5.41, 5.74) is 3.49. The molecule has 10 heteroatoms. The molecule has 1 amide bonds. The molecule has 196 valence electrons. The predicted molar refractivity (Wildman–Crippen MR) is 149 cm³/mol. The average molecular weight is 551 g/mol. The largest absolute Gasteiger partial charge is 0.444 e.